The van der Waals surface area contributed by atoms with Crippen molar-refractivity contribution in [2.24, 2.45) is 0 Å². The van der Waals surface area contributed by atoms with Gasteiger partial charge in [-0.3, -0.25) is 0 Å². The fourth-order valence-corrected chi connectivity index (χ4v) is 2.26. The van der Waals surface area contributed by atoms with Gasteiger partial charge in [0.2, 0.25) is 0 Å². The lowest BCUT2D eigenvalue weighted by atomic mass is 10.2. The Bertz CT molecular complexity index is 738. The van der Waals surface area contributed by atoms with E-state index in [0.29, 0.717) is 16.8 Å². The zero-order chi connectivity index (χ0) is 15.9. The minimum atomic E-state index is -4.65. The molecule has 2 aromatic rings. The summed E-state index contributed by atoms with van der Waals surface area (Å²) in [6.07, 6.45) is -4.65. The Morgan fingerprint density at radius 1 is 1.24 bits per heavy atom. The molecule has 2 rings (SSSR count). The molecule has 4 nitrogen and oxygen atoms in total. The van der Waals surface area contributed by atoms with Gasteiger partial charge in [-0.15, -0.1) is 5.10 Å². The smallest absolute Gasteiger partial charge is 0.382 e. The number of benzene rings is 1. The molecular formula is C11H4Cl2F4N4. The first-order valence-corrected chi connectivity index (χ1v) is 5.93. The fourth-order valence-electron chi connectivity index (χ4n) is 1.61. The molecule has 1 aromatic carbocycles. The van der Waals surface area contributed by atoms with E-state index >= 15 is 0 Å². The van der Waals surface area contributed by atoms with Crippen molar-refractivity contribution < 1.29 is 17.6 Å². The third-order valence-corrected chi connectivity index (χ3v) is 3.12. The molecular weight excluding hydrogens is 335 g/mol. The van der Waals surface area contributed by atoms with Crippen LogP contribution in [0.2, 0.25) is 10.0 Å². The number of halogens is 6. The summed E-state index contributed by atoms with van der Waals surface area (Å²) in [5, 5.41) is 11.2. The summed E-state index contributed by atoms with van der Waals surface area (Å²) in [7, 11) is 0. The third-order valence-electron chi connectivity index (χ3n) is 2.55. The molecule has 0 amide bonds. The maximum absolute atomic E-state index is 13.4. The van der Waals surface area contributed by atoms with Crippen molar-refractivity contribution in [2.45, 2.75) is 6.18 Å². The molecule has 0 radical (unpaired) electrons. The van der Waals surface area contributed by atoms with Crippen LogP contribution in [0.1, 0.15) is 11.1 Å². The van der Waals surface area contributed by atoms with Crippen molar-refractivity contribution in [3.63, 3.8) is 0 Å². The van der Waals surface area contributed by atoms with E-state index in [0.717, 1.165) is 0 Å². The predicted molar refractivity (Wildman–Crippen MR) is 67.7 cm³/mol. The van der Waals surface area contributed by atoms with Crippen molar-refractivity contribution in [3.05, 3.63) is 39.3 Å². The van der Waals surface area contributed by atoms with Crippen LogP contribution < -0.4 is 5.73 Å². The van der Waals surface area contributed by atoms with E-state index in [2.05, 4.69) is 5.10 Å². The first-order chi connectivity index (χ1) is 9.66. The van der Waals surface area contributed by atoms with Gasteiger partial charge in [0.05, 0.1) is 15.6 Å². The van der Waals surface area contributed by atoms with E-state index in [1.54, 1.807) is 0 Å². The van der Waals surface area contributed by atoms with Crippen LogP contribution >= 0.6 is 23.2 Å². The second-order valence-electron chi connectivity index (χ2n) is 3.86. The Hall–Kier alpha value is -1.98. The molecule has 1 aromatic heterocycles. The second-order valence-corrected chi connectivity index (χ2v) is 4.68. The predicted octanol–water partition coefficient (Wildman–Crippen LogP) is 3.79. The lowest BCUT2D eigenvalue weighted by molar-refractivity contribution is -0.137. The molecule has 0 atom stereocenters. The normalized spacial score (nSPS) is 11.5. The molecule has 2 N–H and O–H groups in total. The van der Waals surface area contributed by atoms with Gasteiger partial charge < -0.3 is 5.73 Å². The Morgan fingerprint density at radius 2 is 1.76 bits per heavy atom. The Kier molecular flexibility index (Phi) is 3.74. The van der Waals surface area contributed by atoms with Gasteiger partial charge in [-0.05, 0) is 12.1 Å². The highest BCUT2D eigenvalue weighted by Crippen LogP contribution is 2.38. The number of nitrogens with two attached hydrogens (primary N) is 1. The summed E-state index contributed by atoms with van der Waals surface area (Å²) in [4.78, 5) is 0. The molecule has 0 saturated carbocycles. The Morgan fingerprint density at radius 3 is 2.14 bits per heavy atom. The number of hydrogen-bond acceptors (Lipinski definition) is 3. The second kappa shape index (κ2) is 5.09. The highest BCUT2D eigenvalue weighted by Gasteiger charge is 2.32. The zero-order valence-corrected chi connectivity index (χ0v) is 11.4. The van der Waals surface area contributed by atoms with Crippen LogP contribution in [-0.2, 0) is 6.18 Å². The number of nitriles is 1. The summed E-state index contributed by atoms with van der Waals surface area (Å²) in [5.41, 5.74) is 3.63. The molecule has 0 aliphatic carbocycles. The molecule has 0 unspecified atom stereocenters. The number of nitrogen functional groups attached to an aromatic ring is 1. The summed E-state index contributed by atoms with van der Waals surface area (Å²) in [5.74, 6) is -1.60. The molecule has 10 heteroatoms. The van der Waals surface area contributed by atoms with Gasteiger partial charge in [0, 0.05) is 0 Å². The number of nitrogens with zero attached hydrogens (tertiary/aromatic N) is 3. The van der Waals surface area contributed by atoms with Gasteiger partial charge in [-0.2, -0.15) is 22.8 Å². The fraction of sp³-hybridized carbons (Fsp3) is 0.0909. The van der Waals surface area contributed by atoms with Crippen molar-refractivity contribution in [1.82, 2.24) is 9.78 Å². The molecule has 21 heavy (non-hydrogen) atoms. The van der Waals surface area contributed by atoms with E-state index in [1.165, 1.54) is 6.07 Å². The van der Waals surface area contributed by atoms with Gasteiger partial charge in [0.1, 0.15) is 17.6 Å². The van der Waals surface area contributed by atoms with Crippen molar-refractivity contribution >= 4 is 29.0 Å². The van der Waals surface area contributed by atoms with Crippen LogP contribution in [0.3, 0.4) is 0 Å². The number of aromatic nitrogens is 2. The number of anilines is 1. The van der Waals surface area contributed by atoms with Crippen molar-refractivity contribution in [2.75, 3.05) is 5.73 Å². The number of hydrogen-bond donors (Lipinski definition) is 1. The van der Waals surface area contributed by atoms with E-state index < -0.39 is 39.1 Å². The lowest BCUT2D eigenvalue weighted by Crippen LogP contribution is -2.08. The van der Waals surface area contributed by atoms with E-state index in [-0.39, 0.29) is 5.69 Å². The maximum atomic E-state index is 13.4. The highest BCUT2D eigenvalue weighted by atomic mass is 35.5. The molecule has 0 spiro atoms. The molecule has 0 aliphatic rings. The molecule has 0 saturated heterocycles. The van der Waals surface area contributed by atoms with Crippen LogP contribution in [0, 0.1) is 17.3 Å². The average Bonchev–Trinajstić information content (AvgIpc) is 2.62. The van der Waals surface area contributed by atoms with Crippen molar-refractivity contribution in [1.29, 1.82) is 5.26 Å². The Balaban J connectivity index is 2.70. The highest BCUT2D eigenvalue weighted by molar-refractivity contribution is 6.37. The molecule has 0 bridgehead atoms. The zero-order valence-electron chi connectivity index (χ0n) is 9.84. The quantitative estimate of drug-likeness (QED) is 0.804. The number of rotatable bonds is 1. The van der Waals surface area contributed by atoms with E-state index in [4.69, 9.17) is 34.2 Å². The topological polar surface area (TPSA) is 67.6 Å². The average molecular weight is 339 g/mol. The minimum absolute atomic E-state index is 0.246. The molecule has 110 valence electrons. The molecule has 0 aliphatic heterocycles. The van der Waals surface area contributed by atoms with Crippen molar-refractivity contribution in [3.8, 4) is 11.8 Å². The largest absolute Gasteiger partial charge is 0.416 e. The standard InChI is InChI=1S/C11H4Cl2F4N4/c12-6-1-4(11(15,16)17)2-7(13)8(6)21-10(19)5(3-18)9(14)20-21/h1-2H,19H2. The summed E-state index contributed by atoms with van der Waals surface area (Å²) in [6.45, 7) is 0. The Labute approximate surface area is 125 Å². The van der Waals surface area contributed by atoms with Crippen LogP contribution in [0.15, 0.2) is 12.1 Å². The first kappa shape index (κ1) is 15.4. The van der Waals surface area contributed by atoms with Gasteiger partial charge >= 0.3 is 6.18 Å². The molecule has 0 fully saturated rings. The number of alkyl halides is 3. The van der Waals surface area contributed by atoms with Crippen LogP contribution in [-0.4, -0.2) is 9.78 Å². The van der Waals surface area contributed by atoms with Gasteiger partial charge in [0.15, 0.2) is 5.56 Å². The molecule has 1 heterocycles. The first-order valence-electron chi connectivity index (χ1n) is 5.17. The minimum Gasteiger partial charge on any atom is -0.382 e. The summed E-state index contributed by atoms with van der Waals surface area (Å²) >= 11 is 11.5. The van der Waals surface area contributed by atoms with Gasteiger partial charge in [-0.1, -0.05) is 23.2 Å². The van der Waals surface area contributed by atoms with Crippen LogP contribution in [0.4, 0.5) is 23.4 Å². The third kappa shape index (κ3) is 2.62. The summed E-state index contributed by atoms with van der Waals surface area (Å²) in [6, 6.07) is 2.69. The van der Waals surface area contributed by atoms with E-state index in [9.17, 15) is 17.6 Å². The van der Waals surface area contributed by atoms with Crippen LogP contribution in [0.25, 0.3) is 5.69 Å². The summed E-state index contributed by atoms with van der Waals surface area (Å²) < 4.78 is 51.9. The van der Waals surface area contributed by atoms with E-state index in [1.807, 2.05) is 0 Å². The van der Waals surface area contributed by atoms with Gasteiger partial charge in [0.25, 0.3) is 5.95 Å². The maximum Gasteiger partial charge on any atom is 0.416 e. The lowest BCUT2D eigenvalue weighted by Gasteiger charge is -2.13. The van der Waals surface area contributed by atoms with Gasteiger partial charge in [-0.25, -0.2) is 4.68 Å². The SMILES string of the molecule is N#Cc1c(F)nn(-c2c(Cl)cc(C(F)(F)F)cc2Cl)c1N. The van der Waals surface area contributed by atoms with Crippen LogP contribution in [0.5, 0.6) is 0 Å². The monoisotopic (exact) mass is 338 g/mol.